The molecule has 29 heavy (non-hydrogen) atoms. The number of nitrogens with zero attached hydrogens (tertiary/aromatic N) is 3. The Bertz CT molecular complexity index is 1010. The summed E-state index contributed by atoms with van der Waals surface area (Å²) in [6.45, 7) is 11.1. The molecule has 0 spiro atoms. The molecular weight excluding hydrogens is 380 g/mol. The van der Waals surface area contributed by atoms with Crippen molar-refractivity contribution in [3.05, 3.63) is 64.7 Å². The van der Waals surface area contributed by atoms with Crippen molar-refractivity contribution in [2.45, 2.75) is 52.4 Å². The van der Waals surface area contributed by atoms with Gasteiger partial charge in [0, 0.05) is 12.1 Å². The van der Waals surface area contributed by atoms with Gasteiger partial charge in [0.2, 0.25) is 5.91 Å². The molecule has 1 amide bonds. The van der Waals surface area contributed by atoms with Gasteiger partial charge in [-0.2, -0.15) is 0 Å². The molecule has 0 saturated heterocycles. The van der Waals surface area contributed by atoms with Crippen molar-refractivity contribution >= 4 is 17.7 Å². The van der Waals surface area contributed by atoms with E-state index < -0.39 is 0 Å². The van der Waals surface area contributed by atoms with Gasteiger partial charge in [0.05, 0.1) is 11.8 Å². The van der Waals surface area contributed by atoms with Crippen LogP contribution in [0.5, 0.6) is 0 Å². The second kappa shape index (κ2) is 9.27. The van der Waals surface area contributed by atoms with Crippen LogP contribution in [-0.2, 0) is 11.3 Å². The third-order valence-corrected chi connectivity index (χ3v) is 6.13. The number of carbonyl (C=O) groups excluding carboxylic acids is 1. The summed E-state index contributed by atoms with van der Waals surface area (Å²) in [5.74, 6) is 1.14. The number of aromatic nitrogens is 3. The predicted octanol–water partition coefficient (Wildman–Crippen LogP) is 4.86. The average molecular weight is 409 g/mol. The number of hydrogen-bond acceptors (Lipinski definition) is 4. The Kier molecular flexibility index (Phi) is 6.75. The largest absolute Gasteiger partial charge is 0.349 e. The molecule has 1 aromatic heterocycles. The first-order valence-electron chi connectivity index (χ1n) is 9.89. The predicted molar refractivity (Wildman–Crippen MR) is 119 cm³/mol. The Morgan fingerprint density at radius 2 is 1.83 bits per heavy atom. The van der Waals surface area contributed by atoms with E-state index in [0.717, 1.165) is 34.2 Å². The molecule has 0 aliphatic heterocycles. The molecule has 3 aromatic rings. The molecule has 6 heteroatoms. The van der Waals surface area contributed by atoms with E-state index in [-0.39, 0.29) is 11.9 Å². The molecule has 0 unspecified atom stereocenters. The zero-order valence-electron chi connectivity index (χ0n) is 17.7. The third kappa shape index (κ3) is 4.88. The van der Waals surface area contributed by atoms with Gasteiger partial charge in [-0.3, -0.25) is 4.79 Å². The molecule has 152 valence electrons. The van der Waals surface area contributed by atoms with E-state index in [9.17, 15) is 4.79 Å². The van der Waals surface area contributed by atoms with Crippen LogP contribution in [0.25, 0.3) is 11.4 Å². The fourth-order valence-electron chi connectivity index (χ4n) is 3.23. The molecule has 0 aliphatic rings. The summed E-state index contributed by atoms with van der Waals surface area (Å²) in [4.78, 5) is 12.5. The summed E-state index contributed by atoms with van der Waals surface area (Å²) in [6.07, 6.45) is 0. The Morgan fingerprint density at radius 3 is 2.52 bits per heavy atom. The van der Waals surface area contributed by atoms with E-state index in [4.69, 9.17) is 0 Å². The molecule has 0 fully saturated rings. The number of hydrogen-bond donors (Lipinski definition) is 1. The van der Waals surface area contributed by atoms with Gasteiger partial charge >= 0.3 is 0 Å². The Hall–Kier alpha value is -2.60. The highest BCUT2D eigenvalue weighted by atomic mass is 32.2. The Balaban J connectivity index is 1.66. The lowest BCUT2D eigenvalue weighted by molar-refractivity contribution is -0.119. The molecule has 1 heterocycles. The molecular formula is C23H28N4OS. The van der Waals surface area contributed by atoms with Crippen LogP contribution in [0.15, 0.2) is 47.6 Å². The Labute approximate surface area is 176 Å². The zero-order chi connectivity index (χ0) is 21.0. The van der Waals surface area contributed by atoms with Crippen LogP contribution in [0.3, 0.4) is 0 Å². The fourth-order valence-corrected chi connectivity index (χ4v) is 4.05. The van der Waals surface area contributed by atoms with Crippen LogP contribution in [0.4, 0.5) is 0 Å². The molecule has 5 nitrogen and oxygen atoms in total. The normalized spacial score (nSPS) is 12.0. The number of benzene rings is 2. The molecule has 3 rings (SSSR count). The minimum Gasteiger partial charge on any atom is -0.349 e. The lowest BCUT2D eigenvalue weighted by atomic mass is 10.0. The second-order valence-corrected chi connectivity index (χ2v) is 8.23. The number of carbonyl (C=O) groups is 1. The highest BCUT2D eigenvalue weighted by Crippen LogP contribution is 2.26. The van der Waals surface area contributed by atoms with Crippen LogP contribution >= 0.6 is 11.8 Å². The zero-order valence-corrected chi connectivity index (χ0v) is 18.5. The standard InChI is InChI=1S/C23H28N4OS/c1-6-27-22(20-10-8-7-9-16(20)3)25-26-23(27)29-14-21(28)24-18(5)19-12-11-15(2)17(4)13-19/h7-13,18H,6,14H2,1-5H3,(H,24,28)/t18-/m1/s1. The molecule has 0 aliphatic carbocycles. The average Bonchev–Trinajstić information content (AvgIpc) is 3.11. The molecule has 1 N–H and O–H groups in total. The highest BCUT2D eigenvalue weighted by Gasteiger charge is 2.17. The van der Waals surface area contributed by atoms with E-state index in [2.05, 4.69) is 78.1 Å². The molecule has 0 saturated carbocycles. The first-order chi connectivity index (χ1) is 13.9. The monoisotopic (exact) mass is 408 g/mol. The van der Waals surface area contributed by atoms with Crippen molar-refractivity contribution in [2.75, 3.05) is 5.75 Å². The fraction of sp³-hybridized carbons (Fsp3) is 0.348. The van der Waals surface area contributed by atoms with Crippen LogP contribution < -0.4 is 5.32 Å². The van der Waals surface area contributed by atoms with Crippen LogP contribution in [-0.4, -0.2) is 26.4 Å². The summed E-state index contributed by atoms with van der Waals surface area (Å²) < 4.78 is 2.06. The number of rotatable bonds is 7. The maximum absolute atomic E-state index is 12.5. The van der Waals surface area contributed by atoms with Gasteiger partial charge in [-0.1, -0.05) is 54.2 Å². The summed E-state index contributed by atoms with van der Waals surface area (Å²) in [7, 11) is 0. The molecule has 0 bridgehead atoms. The summed E-state index contributed by atoms with van der Waals surface area (Å²) in [5, 5.41) is 12.6. The number of nitrogens with one attached hydrogen (secondary N) is 1. The van der Waals surface area contributed by atoms with Crippen molar-refractivity contribution < 1.29 is 4.79 Å². The summed E-state index contributed by atoms with van der Waals surface area (Å²) >= 11 is 1.42. The quantitative estimate of drug-likeness (QED) is 0.567. The highest BCUT2D eigenvalue weighted by molar-refractivity contribution is 7.99. The smallest absolute Gasteiger partial charge is 0.230 e. The van der Waals surface area contributed by atoms with Crippen molar-refractivity contribution in [2.24, 2.45) is 0 Å². The SMILES string of the molecule is CCn1c(SCC(=O)N[C@H](C)c2ccc(C)c(C)c2)nnc1-c1ccccc1C. The van der Waals surface area contributed by atoms with Crippen LogP contribution in [0.1, 0.15) is 42.1 Å². The maximum Gasteiger partial charge on any atom is 0.230 e. The summed E-state index contributed by atoms with van der Waals surface area (Å²) in [6, 6.07) is 14.4. The van der Waals surface area contributed by atoms with Gasteiger partial charge in [0.15, 0.2) is 11.0 Å². The topological polar surface area (TPSA) is 59.8 Å². The lowest BCUT2D eigenvalue weighted by Gasteiger charge is -2.15. The number of thioether (sulfide) groups is 1. The van der Waals surface area contributed by atoms with Crippen molar-refractivity contribution in [3.63, 3.8) is 0 Å². The van der Waals surface area contributed by atoms with E-state index >= 15 is 0 Å². The minimum atomic E-state index is -0.0334. The number of aryl methyl sites for hydroxylation is 3. The van der Waals surface area contributed by atoms with Gasteiger partial charge in [-0.25, -0.2) is 0 Å². The first-order valence-corrected chi connectivity index (χ1v) is 10.9. The molecule has 2 aromatic carbocycles. The number of amides is 1. The Morgan fingerprint density at radius 1 is 1.07 bits per heavy atom. The second-order valence-electron chi connectivity index (χ2n) is 7.29. The summed E-state index contributed by atoms with van der Waals surface area (Å²) in [5.41, 5.74) is 5.83. The minimum absolute atomic E-state index is 0.0103. The van der Waals surface area contributed by atoms with E-state index in [1.54, 1.807) is 0 Å². The van der Waals surface area contributed by atoms with Gasteiger partial charge < -0.3 is 9.88 Å². The van der Waals surface area contributed by atoms with Gasteiger partial charge in [0.1, 0.15) is 0 Å². The molecule has 1 atom stereocenters. The van der Waals surface area contributed by atoms with Crippen LogP contribution in [0.2, 0.25) is 0 Å². The molecule has 0 radical (unpaired) electrons. The van der Waals surface area contributed by atoms with Crippen molar-refractivity contribution in [1.82, 2.24) is 20.1 Å². The lowest BCUT2D eigenvalue weighted by Crippen LogP contribution is -2.28. The third-order valence-electron chi connectivity index (χ3n) is 5.16. The van der Waals surface area contributed by atoms with E-state index in [1.807, 2.05) is 19.1 Å². The van der Waals surface area contributed by atoms with E-state index in [0.29, 0.717) is 5.75 Å². The first kappa shape index (κ1) is 21.1. The van der Waals surface area contributed by atoms with Gasteiger partial charge in [-0.15, -0.1) is 10.2 Å². The van der Waals surface area contributed by atoms with Crippen LogP contribution in [0, 0.1) is 20.8 Å². The van der Waals surface area contributed by atoms with Crippen molar-refractivity contribution in [3.8, 4) is 11.4 Å². The van der Waals surface area contributed by atoms with Crippen molar-refractivity contribution in [1.29, 1.82) is 0 Å². The van der Waals surface area contributed by atoms with Gasteiger partial charge in [-0.05, 0) is 56.9 Å². The van der Waals surface area contributed by atoms with E-state index in [1.165, 1.54) is 22.9 Å². The maximum atomic E-state index is 12.5. The van der Waals surface area contributed by atoms with Gasteiger partial charge in [0.25, 0.3) is 0 Å².